The highest BCUT2D eigenvalue weighted by molar-refractivity contribution is 5.79. The molecule has 0 aromatic heterocycles. The highest BCUT2D eigenvalue weighted by atomic mass is 19.1. The monoisotopic (exact) mass is 180 g/mol. The van der Waals surface area contributed by atoms with Crippen LogP contribution in [0.4, 0.5) is 4.39 Å². The van der Waals surface area contributed by atoms with Gasteiger partial charge in [0.2, 0.25) is 0 Å². The van der Waals surface area contributed by atoms with Crippen LogP contribution >= 0.6 is 0 Å². The van der Waals surface area contributed by atoms with Gasteiger partial charge in [0.25, 0.3) is 0 Å². The molecule has 1 aromatic carbocycles. The molecule has 3 heteroatoms. The predicted octanol–water partition coefficient (Wildman–Crippen LogP) is 2.01. The highest BCUT2D eigenvalue weighted by Gasteiger charge is 1.91. The highest BCUT2D eigenvalue weighted by Crippen LogP contribution is 2.03. The first-order chi connectivity index (χ1) is 6.18. The topological polar surface area (TPSA) is 37.3 Å². The van der Waals surface area contributed by atoms with E-state index in [1.807, 2.05) is 0 Å². The van der Waals surface area contributed by atoms with E-state index in [9.17, 15) is 9.18 Å². The molecule has 0 bridgehead atoms. The molecule has 0 amide bonds. The molecule has 0 aliphatic rings. The first kappa shape index (κ1) is 9.45. The van der Waals surface area contributed by atoms with Crippen LogP contribution in [0.5, 0.6) is 0 Å². The third-order valence-electron chi connectivity index (χ3n) is 1.53. The lowest BCUT2D eigenvalue weighted by molar-refractivity contribution is -0.131. The second-order valence-corrected chi connectivity index (χ2v) is 2.57. The van der Waals surface area contributed by atoms with Gasteiger partial charge in [-0.3, -0.25) is 0 Å². The van der Waals surface area contributed by atoms with Gasteiger partial charge < -0.3 is 5.11 Å². The fourth-order valence-corrected chi connectivity index (χ4v) is 0.916. The largest absolute Gasteiger partial charge is 0.478 e. The van der Waals surface area contributed by atoms with Crippen LogP contribution in [0.1, 0.15) is 5.56 Å². The molecule has 0 fully saturated rings. The predicted molar refractivity (Wildman–Crippen MR) is 46.9 cm³/mol. The van der Waals surface area contributed by atoms with Crippen LogP contribution < -0.4 is 0 Å². The molecule has 1 N–H and O–H groups in total. The lowest BCUT2D eigenvalue weighted by atomic mass is 10.1. The zero-order valence-corrected chi connectivity index (χ0v) is 6.90. The maximum absolute atomic E-state index is 12.4. The Labute approximate surface area is 75.3 Å². The van der Waals surface area contributed by atoms with Crippen molar-refractivity contribution >= 4 is 5.97 Å². The number of rotatable bonds is 3. The Morgan fingerprint density at radius 1 is 1.38 bits per heavy atom. The number of hydrogen-bond donors (Lipinski definition) is 1. The summed E-state index contributed by atoms with van der Waals surface area (Å²) in [7, 11) is 0. The standard InChI is InChI=1S/C10H9FO2/c11-9-6-4-8(5-7-9)2-1-3-10(12)13/h1,3-7H,2H2,(H,12,13). The van der Waals surface area contributed by atoms with E-state index in [0.717, 1.165) is 11.6 Å². The zero-order chi connectivity index (χ0) is 9.68. The van der Waals surface area contributed by atoms with E-state index in [4.69, 9.17) is 5.11 Å². The lowest BCUT2D eigenvalue weighted by Crippen LogP contribution is -1.87. The van der Waals surface area contributed by atoms with E-state index in [-0.39, 0.29) is 5.82 Å². The first-order valence-corrected chi connectivity index (χ1v) is 3.82. The van der Waals surface area contributed by atoms with Crippen LogP contribution in [0.3, 0.4) is 0 Å². The molecule has 0 unspecified atom stereocenters. The van der Waals surface area contributed by atoms with Gasteiger partial charge in [-0.05, 0) is 24.1 Å². The molecule has 0 saturated carbocycles. The summed E-state index contributed by atoms with van der Waals surface area (Å²) in [5.41, 5.74) is 0.888. The molecule has 0 aliphatic carbocycles. The Morgan fingerprint density at radius 3 is 2.54 bits per heavy atom. The molecule has 0 aliphatic heterocycles. The second kappa shape index (κ2) is 4.40. The van der Waals surface area contributed by atoms with Crippen LogP contribution in [-0.2, 0) is 11.2 Å². The van der Waals surface area contributed by atoms with Crippen LogP contribution in [0, 0.1) is 5.82 Å². The number of carbonyl (C=O) groups is 1. The molecule has 2 nitrogen and oxygen atoms in total. The van der Waals surface area contributed by atoms with E-state index >= 15 is 0 Å². The maximum Gasteiger partial charge on any atom is 0.327 e. The lowest BCUT2D eigenvalue weighted by Gasteiger charge is -1.94. The van der Waals surface area contributed by atoms with Crippen LogP contribution in [-0.4, -0.2) is 11.1 Å². The van der Waals surface area contributed by atoms with E-state index in [1.165, 1.54) is 18.2 Å². The minimum absolute atomic E-state index is 0.286. The quantitative estimate of drug-likeness (QED) is 0.722. The average Bonchev–Trinajstić information content (AvgIpc) is 2.08. The Bertz CT molecular complexity index is 314. The van der Waals surface area contributed by atoms with Gasteiger partial charge in [0.15, 0.2) is 0 Å². The molecule has 0 spiro atoms. The molecule has 0 radical (unpaired) electrons. The molecule has 1 rings (SSSR count). The Hall–Kier alpha value is -1.64. The van der Waals surface area contributed by atoms with Crippen molar-refractivity contribution in [3.8, 4) is 0 Å². The summed E-state index contributed by atoms with van der Waals surface area (Å²) < 4.78 is 12.4. The molecule has 0 heterocycles. The zero-order valence-electron chi connectivity index (χ0n) is 6.90. The van der Waals surface area contributed by atoms with E-state index in [1.54, 1.807) is 12.1 Å². The summed E-state index contributed by atoms with van der Waals surface area (Å²) in [5.74, 6) is -1.26. The molecule has 0 saturated heterocycles. The molecule has 1 aromatic rings. The van der Waals surface area contributed by atoms with Crippen molar-refractivity contribution in [1.29, 1.82) is 0 Å². The number of carboxylic acids is 1. The van der Waals surface area contributed by atoms with Gasteiger partial charge in [-0.2, -0.15) is 0 Å². The second-order valence-electron chi connectivity index (χ2n) is 2.57. The number of aliphatic carboxylic acids is 1. The van der Waals surface area contributed by atoms with Crippen molar-refractivity contribution in [3.05, 3.63) is 47.8 Å². The first-order valence-electron chi connectivity index (χ1n) is 3.82. The molecule has 0 atom stereocenters. The Balaban J connectivity index is 2.55. The Kier molecular flexibility index (Phi) is 3.20. The number of hydrogen-bond acceptors (Lipinski definition) is 1. The van der Waals surface area contributed by atoms with Crippen LogP contribution in [0.25, 0.3) is 0 Å². The van der Waals surface area contributed by atoms with Gasteiger partial charge >= 0.3 is 5.97 Å². The summed E-state index contributed by atoms with van der Waals surface area (Å²) in [5, 5.41) is 8.29. The summed E-state index contributed by atoms with van der Waals surface area (Å²) in [6.45, 7) is 0. The van der Waals surface area contributed by atoms with E-state index in [0.29, 0.717) is 6.42 Å². The Morgan fingerprint density at radius 2 is 2.00 bits per heavy atom. The summed E-state index contributed by atoms with van der Waals surface area (Å²) >= 11 is 0. The van der Waals surface area contributed by atoms with Gasteiger partial charge in [0.1, 0.15) is 5.82 Å². The molecular formula is C10H9FO2. The molecular weight excluding hydrogens is 171 g/mol. The minimum atomic E-state index is -0.970. The molecule has 68 valence electrons. The van der Waals surface area contributed by atoms with Crippen molar-refractivity contribution in [3.63, 3.8) is 0 Å². The third kappa shape index (κ3) is 3.51. The fourth-order valence-electron chi connectivity index (χ4n) is 0.916. The van der Waals surface area contributed by atoms with Gasteiger partial charge in [-0.25, -0.2) is 9.18 Å². The maximum atomic E-state index is 12.4. The van der Waals surface area contributed by atoms with E-state index in [2.05, 4.69) is 0 Å². The smallest absolute Gasteiger partial charge is 0.327 e. The number of carboxylic acid groups (broad SMARTS) is 1. The number of benzene rings is 1. The summed E-state index contributed by atoms with van der Waals surface area (Å²) in [4.78, 5) is 10.1. The number of allylic oxidation sites excluding steroid dienone is 1. The minimum Gasteiger partial charge on any atom is -0.478 e. The van der Waals surface area contributed by atoms with Gasteiger partial charge in [-0.15, -0.1) is 0 Å². The van der Waals surface area contributed by atoms with Crippen molar-refractivity contribution in [1.82, 2.24) is 0 Å². The van der Waals surface area contributed by atoms with Crippen molar-refractivity contribution in [2.75, 3.05) is 0 Å². The van der Waals surface area contributed by atoms with Gasteiger partial charge in [0.05, 0.1) is 0 Å². The normalized spacial score (nSPS) is 10.5. The van der Waals surface area contributed by atoms with Crippen LogP contribution in [0.15, 0.2) is 36.4 Å². The van der Waals surface area contributed by atoms with Crippen molar-refractivity contribution < 1.29 is 14.3 Å². The summed E-state index contributed by atoms with van der Waals surface area (Å²) in [6.07, 6.45) is 3.10. The molecule has 13 heavy (non-hydrogen) atoms. The average molecular weight is 180 g/mol. The van der Waals surface area contributed by atoms with Crippen molar-refractivity contribution in [2.45, 2.75) is 6.42 Å². The van der Waals surface area contributed by atoms with Gasteiger partial charge in [-0.1, -0.05) is 18.2 Å². The van der Waals surface area contributed by atoms with E-state index < -0.39 is 5.97 Å². The third-order valence-corrected chi connectivity index (χ3v) is 1.53. The SMILES string of the molecule is O=C(O)C=CCc1ccc(F)cc1. The van der Waals surface area contributed by atoms with Gasteiger partial charge in [0, 0.05) is 6.08 Å². The number of halogens is 1. The van der Waals surface area contributed by atoms with Crippen molar-refractivity contribution in [2.24, 2.45) is 0 Å². The fraction of sp³-hybridized carbons (Fsp3) is 0.100. The summed E-state index contributed by atoms with van der Waals surface area (Å²) in [6, 6.07) is 5.96. The van der Waals surface area contributed by atoms with Crippen LogP contribution in [0.2, 0.25) is 0 Å².